The third-order valence-corrected chi connectivity index (χ3v) is 3.31. The molecule has 0 unspecified atom stereocenters. The Hall–Kier alpha value is -1.00. The molecule has 0 amide bonds. The van der Waals surface area contributed by atoms with Crippen LogP contribution in [0.5, 0.6) is 0 Å². The van der Waals surface area contributed by atoms with E-state index in [0.29, 0.717) is 6.61 Å². The summed E-state index contributed by atoms with van der Waals surface area (Å²) in [5.74, 6) is 0.801. The molecule has 120 valence electrons. The Bertz CT molecular complexity index is 415. The van der Waals surface area contributed by atoms with E-state index in [2.05, 4.69) is 56.8 Å². The zero-order valence-electron chi connectivity index (χ0n) is 14.5. The highest BCUT2D eigenvalue weighted by Crippen LogP contribution is 2.13. The molecule has 1 aromatic rings. The number of ether oxygens (including phenoxy) is 1. The molecule has 0 atom stereocenters. The van der Waals surface area contributed by atoms with Gasteiger partial charge in [0.1, 0.15) is 6.61 Å². The molecule has 0 bridgehead atoms. The first-order valence-electron chi connectivity index (χ1n) is 7.99. The summed E-state index contributed by atoms with van der Waals surface area (Å²) in [6.45, 7) is 15.1. The Morgan fingerprint density at radius 3 is 2.24 bits per heavy atom. The van der Waals surface area contributed by atoms with Gasteiger partial charge in [-0.25, -0.2) is 9.97 Å². The van der Waals surface area contributed by atoms with Gasteiger partial charge in [0.2, 0.25) is 0 Å². The first kappa shape index (κ1) is 18.1. The van der Waals surface area contributed by atoms with Crippen LogP contribution in [0, 0.1) is 13.8 Å². The van der Waals surface area contributed by atoms with Crippen LogP contribution in [0.25, 0.3) is 0 Å². The maximum Gasteiger partial charge on any atom is 0.154 e. The van der Waals surface area contributed by atoms with E-state index in [1.165, 1.54) is 5.56 Å². The number of aryl methyl sites for hydroxylation is 2. The van der Waals surface area contributed by atoms with Crippen molar-refractivity contribution in [3.05, 3.63) is 22.8 Å². The average molecular weight is 293 g/mol. The molecular formula is C17H31N3O. The molecule has 21 heavy (non-hydrogen) atoms. The summed E-state index contributed by atoms with van der Waals surface area (Å²) < 4.78 is 5.52. The van der Waals surface area contributed by atoms with Crippen molar-refractivity contribution in [1.29, 1.82) is 0 Å². The van der Waals surface area contributed by atoms with Crippen molar-refractivity contribution < 1.29 is 4.74 Å². The topological polar surface area (TPSA) is 47.0 Å². The molecule has 0 fully saturated rings. The molecule has 1 heterocycles. The summed E-state index contributed by atoms with van der Waals surface area (Å²) >= 11 is 0. The van der Waals surface area contributed by atoms with Gasteiger partial charge in [-0.2, -0.15) is 0 Å². The van der Waals surface area contributed by atoms with E-state index >= 15 is 0 Å². The van der Waals surface area contributed by atoms with Gasteiger partial charge < -0.3 is 10.1 Å². The molecule has 0 aliphatic carbocycles. The van der Waals surface area contributed by atoms with Gasteiger partial charge in [-0.1, -0.05) is 6.92 Å². The minimum atomic E-state index is 0.182. The van der Waals surface area contributed by atoms with Crippen molar-refractivity contribution in [2.75, 3.05) is 13.2 Å². The van der Waals surface area contributed by atoms with E-state index in [1.807, 2.05) is 0 Å². The van der Waals surface area contributed by atoms with Crippen molar-refractivity contribution in [1.82, 2.24) is 15.3 Å². The second-order valence-corrected chi connectivity index (χ2v) is 6.62. The molecule has 0 aromatic carbocycles. The second-order valence-electron chi connectivity index (χ2n) is 6.62. The van der Waals surface area contributed by atoms with E-state index in [-0.39, 0.29) is 5.54 Å². The summed E-state index contributed by atoms with van der Waals surface area (Å²) in [5, 5.41) is 3.52. The lowest BCUT2D eigenvalue weighted by Crippen LogP contribution is -2.36. The van der Waals surface area contributed by atoms with Crippen molar-refractivity contribution in [3.63, 3.8) is 0 Å². The number of hydrogen-bond donors (Lipinski definition) is 1. The lowest BCUT2D eigenvalue weighted by atomic mass is 10.1. The third kappa shape index (κ3) is 7.00. The average Bonchev–Trinajstić information content (AvgIpc) is 2.36. The normalized spacial score (nSPS) is 11.9. The zero-order valence-corrected chi connectivity index (χ0v) is 14.5. The molecule has 0 aliphatic rings. The van der Waals surface area contributed by atoms with E-state index in [1.54, 1.807) is 0 Å². The van der Waals surface area contributed by atoms with Gasteiger partial charge in [0.25, 0.3) is 0 Å². The van der Waals surface area contributed by atoms with Crippen molar-refractivity contribution in [3.8, 4) is 0 Å². The number of rotatable bonds is 8. The lowest BCUT2D eigenvalue weighted by Gasteiger charge is -2.20. The van der Waals surface area contributed by atoms with Gasteiger partial charge in [0, 0.05) is 23.5 Å². The lowest BCUT2D eigenvalue weighted by molar-refractivity contribution is 0.116. The van der Waals surface area contributed by atoms with Gasteiger partial charge >= 0.3 is 0 Å². The predicted molar refractivity (Wildman–Crippen MR) is 87.5 cm³/mol. The molecule has 0 aliphatic heterocycles. The van der Waals surface area contributed by atoms with Crippen LogP contribution in [0.15, 0.2) is 0 Å². The Kier molecular flexibility index (Phi) is 7.26. The molecule has 4 heteroatoms. The highest BCUT2D eigenvalue weighted by molar-refractivity contribution is 5.24. The van der Waals surface area contributed by atoms with Crippen LogP contribution in [0.4, 0.5) is 0 Å². The standard InChI is InChI=1S/C17H31N3O/c1-7-11-21-12-16-19-13(2)15(14(3)20-16)9-8-10-18-17(4,5)6/h18H,7-12H2,1-6H3. The molecule has 1 aromatic heterocycles. The monoisotopic (exact) mass is 293 g/mol. The van der Waals surface area contributed by atoms with Crippen LogP contribution in [0.3, 0.4) is 0 Å². The Morgan fingerprint density at radius 1 is 1.10 bits per heavy atom. The highest BCUT2D eigenvalue weighted by atomic mass is 16.5. The predicted octanol–water partition coefficient (Wildman–Crippen LogP) is 3.34. The summed E-state index contributed by atoms with van der Waals surface area (Å²) in [6.07, 6.45) is 3.15. The number of nitrogens with zero attached hydrogens (tertiary/aromatic N) is 2. The summed E-state index contributed by atoms with van der Waals surface area (Å²) in [6, 6.07) is 0. The SMILES string of the molecule is CCCOCc1nc(C)c(CCCNC(C)(C)C)c(C)n1. The molecule has 0 spiro atoms. The number of nitrogens with one attached hydrogen (secondary N) is 1. The molecule has 1 N–H and O–H groups in total. The van der Waals surface area contributed by atoms with Gasteiger partial charge in [-0.15, -0.1) is 0 Å². The molecule has 0 saturated heterocycles. The fraction of sp³-hybridized carbons (Fsp3) is 0.765. The van der Waals surface area contributed by atoms with Crippen molar-refractivity contribution in [2.24, 2.45) is 0 Å². The molecule has 1 rings (SSSR count). The van der Waals surface area contributed by atoms with E-state index in [9.17, 15) is 0 Å². The molecule has 4 nitrogen and oxygen atoms in total. The first-order valence-corrected chi connectivity index (χ1v) is 7.99. The highest BCUT2D eigenvalue weighted by Gasteiger charge is 2.10. The Morgan fingerprint density at radius 2 is 1.71 bits per heavy atom. The van der Waals surface area contributed by atoms with Crippen molar-refractivity contribution in [2.45, 2.75) is 73.0 Å². The van der Waals surface area contributed by atoms with E-state index in [4.69, 9.17) is 4.74 Å². The van der Waals surface area contributed by atoms with E-state index in [0.717, 1.165) is 49.6 Å². The van der Waals surface area contributed by atoms with Gasteiger partial charge in [-0.05, 0) is 66.0 Å². The van der Waals surface area contributed by atoms with Crippen LogP contribution >= 0.6 is 0 Å². The quantitative estimate of drug-likeness (QED) is 0.747. The van der Waals surface area contributed by atoms with E-state index < -0.39 is 0 Å². The number of hydrogen-bond acceptors (Lipinski definition) is 4. The summed E-state index contributed by atoms with van der Waals surface area (Å²) in [7, 11) is 0. The van der Waals surface area contributed by atoms with Crippen LogP contribution in [-0.2, 0) is 17.8 Å². The fourth-order valence-electron chi connectivity index (χ4n) is 2.27. The van der Waals surface area contributed by atoms with Crippen LogP contribution in [0.1, 0.15) is 63.3 Å². The van der Waals surface area contributed by atoms with Crippen LogP contribution < -0.4 is 5.32 Å². The molecule has 0 radical (unpaired) electrons. The van der Waals surface area contributed by atoms with Crippen molar-refractivity contribution >= 4 is 0 Å². The summed E-state index contributed by atoms with van der Waals surface area (Å²) in [4.78, 5) is 9.15. The maximum atomic E-state index is 5.52. The van der Waals surface area contributed by atoms with Crippen LogP contribution in [0.2, 0.25) is 0 Å². The molecular weight excluding hydrogens is 262 g/mol. The third-order valence-electron chi connectivity index (χ3n) is 3.31. The first-order chi connectivity index (χ1) is 9.83. The van der Waals surface area contributed by atoms with Gasteiger partial charge in [-0.3, -0.25) is 0 Å². The number of aromatic nitrogens is 2. The fourth-order valence-corrected chi connectivity index (χ4v) is 2.27. The minimum absolute atomic E-state index is 0.182. The molecule has 0 saturated carbocycles. The van der Waals surface area contributed by atoms with Gasteiger partial charge in [0.05, 0.1) is 0 Å². The second kappa shape index (κ2) is 8.44. The zero-order chi connectivity index (χ0) is 15.9. The maximum absolute atomic E-state index is 5.52. The van der Waals surface area contributed by atoms with Gasteiger partial charge in [0.15, 0.2) is 5.82 Å². The smallest absolute Gasteiger partial charge is 0.154 e. The summed E-state index contributed by atoms with van der Waals surface area (Å²) in [5.41, 5.74) is 3.65. The minimum Gasteiger partial charge on any atom is -0.373 e. The Balaban J connectivity index is 2.55. The largest absolute Gasteiger partial charge is 0.373 e. The Labute approximate surface area is 129 Å². The van der Waals surface area contributed by atoms with Crippen LogP contribution in [-0.4, -0.2) is 28.7 Å².